The van der Waals surface area contributed by atoms with Crippen molar-refractivity contribution in [1.82, 2.24) is 4.90 Å². The van der Waals surface area contributed by atoms with Crippen LogP contribution in [0.4, 0.5) is 0 Å². The Hall–Kier alpha value is -1.35. The van der Waals surface area contributed by atoms with Gasteiger partial charge in [0.25, 0.3) is 5.91 Å². The van der Waals surface area contributed by atoms with Gasteiger partial charge in [-0.05, 0) is 43.5 Å². The van der Waals surface area contributed by atoms with Crippen molar-refractivity contribution in [1.29, 1.82) is 0 Å². The number of hydrogen-bond acceptors (Lipinski definition) is 2. The van der Waals surface area contributed by atoms with Gasteiger partial charge in [-0.15, -0.1) is 0 Å². The van der Waals surface area contributed by atoms with Crippen molar-refractivity contribution in [3.8, 4) is 0 Å². The van der Waals surface area contributed by atoms with Gasteiger partial charge in [0.05, 0.1) is 0 Å². The minimum atomic E-state index is 0.0871. The highest BCUT2D eigenvalue weighted by molar-refractivity contribution is 5.94. The molecule has 1 aliphatic heterocycles. The van der Waals surface area contributed by atoms with E-state index in [1.54, 1.807) is 0 Å². The highest BCUT2D eigenvalue weighted by Crippen LogP contribution is 2.19. The van der Waals surface area contributed by atoms with Crippen molar-refractivity contribution in [2.75, 3.05) is 19.7 Å². The van der Waals surface area contributed by atoms with Gasteiger partial charge in [-0.2, -0.15) is 0 Å². The average molecular weight is 233 g/mol. The van der Waals surface area contributed by atoms with Crippen molar-refractivity contribution in [3.63, 3.8) is 0 Å². The maximum atomic E-state index is 12.2. The van der Waals surface area contributed by atoms with E-state index in [4.69, 9.17) is 5.11 Å². The topological polar surface area (TPSA) is 40.5 Å². The van der Waals surface area contributed by atoms with Gasteiger partial charge in [0, 0.05) is 31.2 Å². The Balaban J connectivity index is 2.12. The Morgan fingerprint density at radius 3 is 2.76 bits per heavy atom. The number of benzene rings is 1. The van der Waals surface area contributed by atoms with Gasteiger partial charge in [0.2, 0.25) is 0 Å². The lowest BCUT2D eigenvalue weighted by molar-refractivity contribution is 0.0782. The van der Waals surface area contributed by atoms with E-state index in [0.29, 0.717) is 6.54 Å². The average Bonchev–Trinajstić information content (AvgIpc) is 2.80. The van der Waals surface area contributed by atoms with Crippen LogP contribution in [-0.4, -0.2) is 35.6 Å². The number of carbonyl (C=O) groups is 1. The lowest BCUT2D eigenvalue weighted by Crippen LogP contribution is -2.29. The number of likely N-dealkylation sites (tertiary alicyclic amines) is 1. The molecule has 1 saturated heterocycles. The van der Waals surface area contributed by atoms with Crippen LogP contribution in [0.25, 0.3) is 0 Å². The minimum absolute atomic E-state index is 0.0871. The van der Waals surface area contributed by atoms with E-state index >= 15 is 0 Å². The van der Waals surface area contributed by atoms with Crippen LogP contribution in [0.1, 0.15) is 27.9 Å². The third kappa shape index (κ3) is 2.50. The number of amides is 1. The summed E-state index contributed by atoms with van der Waals surface area (Å²) in [6.45, 7) is 5.68. The lowest BCUT2D eigenvalue weighted by Gasteiger charge is -2.16. The van der Waals surface area contributed by atoms with Gasteiger partial charge in [0.15, 0.2) is 0 Å². The zero-order chi connectivity index (χ0) is 12.4. The van der Waals surface area contributed by atoms with Crippen molar-refractivity contribution in [3.05, 3.63) is 34.9 Å². The molecular formula is C14H19NO2. The van der Waals surface area contributed by atoms with Gasteiger partial charge in [-0.3, -0.25) is 4.79 Å². The molecule has 0 unspecified atom stereocenters. The Labute approximate surface area is 102 Å². The molecule has 1 atom stereocenters. The molecule has 1 aromatic rings. The Bertz CT molecular complexity index is 428. The fourth-order valence-electron chi connectivity index (χ4n) is 2.22. The molecule has 3 nitrogen and oxygen atoms in total. The van der Waals surface area contributed by atoms with Crippen LogP contribution in [0.2, 0.25) is 0 Å². The number of aliphatic hydroxyl groups is 1. The number of carbonyl (C=O) groups excluding carboxylic acids is 1. The summed E-state index contributed by atoms with van der Waals surface area (Å²) in [5.74, 6) is 0.342. The SMILES string of the molecule is Cc1ccc(C(=O)N2CC[C@@H](CO)C2)cc1C. The van der Waals surface area contributed by atoms with E-state index in [1.807, 2.05) is 36.9 Å². The predicted octanol–water partition coefficient (Wildman–Crippen LogP) is 1.76. The second kappa shape index (κ2) is 4.88. The molecule has 1 heterocycles. The van der Waals surface area contributed by atoms with Gasteiger partial charge >= 0.3 is 0 Å². The van der Waals surface area contributed by atoms with Crippen LogP contribution >= 0.6 is 0 Å². The number of aliphatic hydroxyl groups excluding tert-OH is 1. The van der Waals surface area contributed by atoms with Crippen molar-refractivity contribution in [2.45, 2.75) is 20.3 Å². The molecule has 2 rings (SSSR count). The summed E-state index contributed by atoms with van der Waals surface area (Å²) in [4.78, 5) is 14.1. The maximum absolute atomic E-state index is 12.2. The molecule has 0 saturated carbocycles. The van der Waals surface area contributed by atoms with Gasteiger partial charge in [0.1, 0.15) is 0 Å². The van der Waals surface area contributed by atoms with Gasteiger partial charge in [-0.1, -0.05) is 6.07 Å². The second-order valence-corrected chi connectivity index (χ2v) is 4.89. The molecule has 1 aromatic carbocycles. The van der Waals surface area contributed by atoms with Crippen LogP contribution in [-0.2, 0) is 0 Å². The first-order valence-corrected chi connectivity index (χ1v) is 6.09. The number of hydrogen-bond donors (Lipinski definition) is 1. The molecule has 1 aliphatic rings. The molecule has 0 bridgehead atoms. The predicted molar refractivity (Wildman–Crippen MR) is 67.0 cm³/mol. The van der Waals surface area contributed by atoms with Crippen molar-refractivity contribution >= 4 is 5.91 Å². The summed E-state index contributed by atoms with van der Waals surface area (Å²) in [7, 11) is 0. The summed E-state index contributed by atoms with van der Waals surface area (Å²) >= 11 is 0. The first-order valence-electron chi connectivity index (χ1n) is 6.09. The molecule has 0 aliphatic carbocycles. The van der Waals surface area contributed by atoms with Gasteiger partial charge < -0.3 is 10.0 Å². The van der Waals surface area contributed by atoms with Gasteiger partial charge in [-0.25, -0.2) is 0 Å². The summed E-state index contributed by atoms with van der Waals surface area (Å²) in [6.07, 6.45) is 0.910. The molecule has 17 heavy (non-hydrogen) atoms. The summed E-state index contributed by atoms with van der Waals surface area (Å²) < 4.78 is 0. The number of nitrogens with zero attached hydrogens (tertiary/aromatic N) is 1. The van der Waals surface area contributed by atoms with E-state index in [1.165, 1.54) is 5.56 Å². The molecule has 1 fully saturated rings. The number of rotatable bonds is 2. The zero-order valence-corrected chi connectivity index (χ0v) is 10.4. The number of aryl methyl sites for hydroxylation is 2. The second-order valence-electron chi connectivity index (χ2n) is 4.89. The molecule has 0 spiro atoms. The Morgan fingerprint density at radius 2 is 2.18 bits per heavy atom. The van der Waals surface area contributed by atoms with Crippen LogP contribution in [0, 0.1) is 19.8 Å². The molecule has 3 heteroatoms. The van der Waals surface area contributed by atoms with Crippen molar-refractivity contribution in [2.24, 2.45) is 5.92 Å². The van der Waals surface area contributed by atoms with E-state index in [2.05, 4.69) is 0 Å². The molecule has 1 amide bonds. The Morgan fingerprint density at radius 1 is 1.41 bits per heavy atom. The molecule has 0 aromatic heterocycles. The van der Waals surface area contributed by atoms with Crippen LogP contribution in [0.5, 0.6) is 0 Å². The van der Waals surface area contributed by atoms with Crippen LogP contribution in [0.3, 0.4) is 0 Å². The quantitative estimate of drug-likeness (QED) is 0.845. The summed E-state index contributed by atoms with van der Waals surface area (Å²) in [6, 6.07) is 5.82. The molecule has 1 N–H and O–H groups in total. The molecule has 92 valence electrons. The van der Waals surface area contributed by atoms with Crippen LogP contribution in [0.15, 0.2) is 18.2 Å². The fraction of sp³-hybridized carbons (Fsp3) is 0.500. The smallest absolute Gasteiger partial charge is 0.253 e. The Kier molecular flexibility index (Phi) is 3.48. The van der Waals surface area contributed by atoms with E-state index in [-0.39, 0.29) is 18.4 Å². The molecule has 0 radical (unpaired) electrons. The highest BCUT2D eigenvalue weighted by Gasteiger charge is 2.26. The standard InChI is InChI=1S/C14H19NO2/c1-10-3-4-13(7-11(10)2)14(17)15-6-5-12(8-15)9-16/h3-4,7,12,16H,5-6,8-9H2,1-2H3/t12-/m1/s1. The summed E-state index contributed by atoms with van der Waals surface area (Å²) in [5, 5.41) is 9.08. The fourth-order valence-corrected chi connectivity index (χ4v) is 2.22. The summed E-state index contributed by atoms with van der Waals surface area (Å²) in [5.41, 5.74) is 3.11. The first-order chi connectivity index (χ1) is 8.11. The van der Waals surface area contributed by atoms with E-state index < -0.39 is 0 Å². The normalized spacial score (nSPS) is 19.7. The first kappa shape index (κ1) is 12.1. The lowest BCUT2D eigenvalue weighted by atomic mass is 10.1. The zero-order valence-electron chi connectivity index (χ0n) is 10.4. The van der Waals surface area contributed by atoms with E-state index in [0.717, 1.165) is 24.1 Å². The maximum Gasteiger partial charge on any atom is 0.253 e. The third-order valence-electron chi connectivity index (χ3n) is 3.59. The monoisotopic (exact) mass is 233 g/mol. The van der Waals surface area contributed by atoms with Crippen LogP contribution < -0.4 is 0 Å². The van der Waals surface area contributed by atoms with E-state index in [9.17, 15) is 4.79 Å². The minimum Gasteiger partial charge on any atom is -0.396 e. The third-order valence-corrected chi connectivity index (χ3v) is 3.59. The van der Waals surface area contributed by atoms with Crippen molar-refractivity contribution < 1.29 is 9.90 Å². The molecular weight excluding hydrogens is 214 g/mol. The largest absolute Gasteiger partial charge is 0.396 e. The highest BCUT2D eigenvalue weighted by atomic mass is 16.3.